The van der Waals surface area contributed by atoms with Crippen molar-refractivity contribution in [3.8, 4) is 17.1 Å². The molecule has 1 aliphatic heterocycles. The van der Waals surface area contributed by atoms with Gasteiger partial charge in [-0.1, -0.05) is 19.3 Å². The highest BCUT2D eigenvalue weighted by Gasteiger charge is 2.28. The molecule has 0 spiro atoms. The lowest BCUT2D eigenvalue weighted by molar-refractivity contribution is 0.342. The number of rotatable bonds is 5. The van der Waals surface area contributed by atoms with Crippen molar-refractivity contribution in [1.29, 1.82) is 0 Å². The molecule has 0 aromatic carbocycles. The SMILES string of the molecule is COc1cc2ncc(-c3nc(NC4CNCC4F)ncc3F)n2nc1C1CCCCC1. The number of nitrogens with one attached hydrogen (secondary N) is 2. The minimum Gasteiger partial charge on any atom is -0.495 e. The van der Waals surface area contributed by atoms with Crippen LogP contribution in [0.4, 0.5) is 14.7 Å². The van der Waals surface area contributed by atoms with Crippen LogP contribution in [0.15, 0.2) is 18.5 Å². The predicted octanol–water partition coefficient (Wildman–Crippen LogP) is 3.10. The maximum Gasteiger partial charge on any atom is 0.223 e. The van der Waals surface area contributed by atoms with Gasteiger partial charge in [-0.2, -0.15) is 5.10 Å². The molecule has 4 heterocycles. The summed E-state index contributed by atoms with van der Waals surface area (Å²) in [5, 5.41) is 10.7. The highest BCUT2D eigenvalue weighted by molar-refractivity contribution is 5.62. The standard InChI is InChI=1S/C21H25F2N7O/c1-31-17-7-18-25-11-16(30(18)29-19(17)12-5-3-2-4-6-12)20-14(23)9-26-21(28-20)27-15-10-24-8-13(15)22/h7,9,11-13,15,24H,2-6,8,10H2,1H3,(H,26,27,28). The Morgan fingerprint density at radius 3 is 2.74 bits per heavy atom. The molecule has 0 amide bonds. The first-order valence-corrected chi connectivity index (χ1v) is 10.7. The molecule has 5 rings (SSSR count). The molecule has 2 aliphatic rings. The molecule has 2 N–H and O–H groups in total. The Kier molecular flexibility index (Phi) is 5.39. The average molecular weight is 429 g/mol. The van der Waals surface area contributed by atoms with Crippen LogP contribution in [0.5, 0.6) is 5.75 Å². The van der Waals surface area contributed by atoms with E-state index in [0.717, 1.165) is 37.6 Å². The normalized spacial score (nSPS) is 22.2. The fourth-order valence-electron chi connectivity index (χ4n) is 4.47. The minimum atomic E-state index is -1.06. The molecule has 10 heteroatoms. The highest BCUT2D eigenvalue weighted by atomic mass is 19.1. The molecule has 0 bridgehead atoms. The Hall–Kier alpha value is -2.88. The number of ether oxygens (including phenoxy) is 1. The fourth-order valence-corrected chi connectivity index (χ4v) is 4.47. The number of alkyl halides is 1. The van der Waals surface area contributed by atoms with Crippen molar-refractivity contribution in [3.63, 3.8) is 0 Å². The summed E-state index contributed by atoms with van der Waals surface area (Å²) in [7, 11) is 1.63. The minimum absolute atomic E-state index is 0.0682. The van der Waals surface area contributed by atoms with Crippen LogP contribution in [-0.4, -0.2) is 57.0 Å². The van der Waals surface area contributed by atoms with Crippen molar-refractivity contribution < 1.29 is 13.5 Å². The Morgan fingerprint density at radius 1 is 1.16 bits per heavy atom. The van der Waals surface area contributed by atoms with E-state index < -0.39 is 18.0 Å². The monoisotopic (exact) mass is 429 g/mol. The van der Waals surface area contributed by atoms with E-state index in [-0.39, 0.29) is 18.2 Å². The second kappa shape index (κ2) is 8.33. The summed E-state index contributed by atoms with van der Waals surface area (Å²) in [5.41, 5.74) is 1.89. The van der Waals surface area contributed by atoms with Gasteiger partial charge in [0.25, 0.3) is 0 Å². The molecule has 3 aromatic rings. The van der Waals surface area contributed by atoms with Crippen LogP contribution in [0.3, 0.4) is 0 Å². The maximum absolute atomic E-state index is 14.7. The van der Waals surface area contributed by atoms with E-state index in [1.54, 1.807) is 11.6 Å². The van der Waals surface area contributed by atoms with Crippen LogP contribution in [0, 0.1) is 5.82 Å². The summed E-state index contributed by atoms with van der Waals surface area (Å²) in [6, 6.07) is 1.37. The second-order valence-electron chi connectivity index (χ2n) is 8.16. The van der Waals surface area contributed by atoms with Gasteiger partial charge in [0.2, 0.25) is 5.95 Å². The van der Waals surface area contributed by atoms with E-state index in [1.807, 2.05) is 6.07 Å². The first-order valence-electron chi connectivity index (χ1n) is 10.7. The van der Waals surface area contributed by atoms with Gasteiger partial charge in [-0.15, -0.1) is 0 Å². The molecular formula is C21H25F2N7O. The van der Waals surface area contributed by atoms with E-state index in [9.17, 15) is 8.78 Å². The fraction of sp³-hybridized carbons (Fsp3) is 0.524. The molecule has 31 heavy (non-hydrogen) atoms. The van der Waals surface area contributed by atoms with Crippen molar-refractivity contribution in [1.82, 2.24) is 29.9 Å². The summed E-state index contributed by atoms with van der Waals surface area (Å²) in [4.78, 5) is 12.7. The molecular weight excluding hydrogens is 404 g/mol. The van der Waals surface area contributed by atoms with Gasteiger partial charge in [-0.25, -0.2) is 28.2 Å². The van der Waals surface area contributed by atoms with Crippen LogP contribution in [0.2, 0.25) is 0 Å². The lowest BCUT2D eigenvalue weighted by atomic mass is 9.86. The number of halogens is 2. The number of anilines is 1. The first kappa shape index (κ1) is 20.0. The number of fused-ring (bicyclic) bond motifs is 1. The van der Waals surface area contributed by atoms with Gasteiger partial charge < -0.3 is 15.4 Å². The number of nitrogens with zero attached hydrogens (tertiary/aromatic N) is 5. The third-order valence-corrected chi connectivity index (χ3v) is 6.14. The topological polar surface area (TPSA) is 89.3 Å². The van der Waals surface area contributed by atoms with Crippen molar-refractivity contribution in [2.75, 3.05) is 25.5 Å². The molecule has 8 nitrogen and oxygen atoms in total. The molecule has 2 fully saturated rings. The van der Waals surface area contributed by atoms with E-state index in [1.165, 1.54) is 12.6 Å². The van der Waals surface area contributed by atoms with Gasteiger partial charge in [0.05, 0.1) is 25.5 Å². The predicted molar refractivity (Wildman–Crippen MR) is 112 cm³/mol. The number of hydrogen-bond acceptors (Lipinski definition) is 7. The lowest BCUT2D eigenvalue weighted by Crippen LogP contribution is -2.30. The third kappa shape index (κ3) is 3.80. The zero-order valence-corrected chi connectivity index (χ0v) is 17.3. The third-order valence-electron chi connectivity index (χ3n) is 6.14. The second-order valence-corrected chi connectivity index (χ2v) is 8.16. The van der Waals surface area contributed by atoms with E-state index in [4.69, 9.17) is 9.84 Å². The van der Waals surface area contributed by atoms with Crippen molar-refractivity contribution >= 4 is 11.6 Å². The molecule has 2 atom stereocenters. The van der Waals surface area contributed by atoms with E-state index in [2.05, 4.69) is 25.6 Å². The van der Waals surface area contributed by atoms with Gasteiger partial charge in [0, 0.05) is 25.1 Å². The number of imidazole rings is 1. The average Bonchev–Trinajstić information content (AvgIpc) is 3.40. The summed E-state index contributed by atoms with van der Waals surface area (Å²) in [6.07, 6.45) is 7.22. The Bertz CT molecular complexity index is 1080. The van der Waals surface area contributed by atoms with Gasteiger partial charge in [-0.05, 0) is 12.8 Å². The lowest BCUT2D eigenvalue weighted by Gasteiger charge is -2.22. The summed E-state index contributed by atoms with van der Waals surface area (Å²) < 4.78 is 35.8. The van der Waals surface area contributed by atoms with Crippen LogP contribution in [0.1, 0.15) is 43.7 Å². The largest absolute Gasteiger partial charge is 0.495 e. The maximum atomic E-state index is 14.7. The zero-order valence-electron chi connectivity index (χ0n) is 17.3. The first-order chi connectivity index (χ1) is 15.1. The van der Waals surface area contributed by atoms with Gasteiger partial charge in [0.15, 0.2) is 11.5 Å². The molecule has 164 valence electrons. The molecule has 1 saturated carbocycles. The summed E-state index contributed by atoms with van der Waals surface area (Å²) >= 11 is 0. The smallest absolute Gasteiger partial charge is 0.223 e. The van der Waals surface area contributed by atoms with Crippen LogP contribution in [-0.2, 0) is 0 Å². The number of aromatic nitrogens is 5. The van der Waals surface area contributed by atoms with Crippen molar-refractivity contribution in [2.45, 2.75) is 50.2 Å². The highest BCUT2D eigenvalue weighted by Crippen LogP contribution is 2.37. The summed E-state index contributed by atoms with van der Waals surface area (Å²) in [5.74, 6) is 0.575. The number of hydrogen-bond donors (Lipinski definition) is 2. The van der Waals surface area contributed by atoms with Crippen LogP contribution >= 0.6 is 0 Å². The Balaban J connectivity index is 1.54. The quantitative estimate of drug-likeness (QED) is 0.644. The molecule has 1 aliphatic carbocycles. The Labute approximate surface area is 178 Å². The molecule has 3 aromatic heterocycles. The number of methoxy groups -OCH3 is 1. The van der Waals surface area contributed by atoms with Gasteiger partial charge in [-0.3, -0.25) is 0 Å². The molecule has 1 saturated heterocycles. The van der Waals surface area contributed by atoms with Crippen molar-refractivity contribution in [3.05, 3.63) is 30.0 Å². The van der Waals surface area contributed by atoms with Crippen LogP contribution < -0.4 is 15.4 Å². The van der Waals surface area contributed by atoms with E-state index in [0.29, 0.717) is 29.6 Å². The van der Waals surface area contributed by atoms with Gasteiger partial charge >= 0.3 is 0 Å². The molecule has 2 unspecified atom stereocenters. The zero-order chi connectivity index (χ0) is 21.4. The summed E-state index contributed by atoms with van der Waals surface area (Å²) in [6.45, 7) is 0.730. The Morgan fingerprint density at radius 2 is 2.00 bits per heavy atom. The van der Waals surface area contributed by atoms with Crippen LogP contribution in [0.25, 0.3) is 17.0 Å². The molecule has 0 radical (unpaired) electrons. The van der Waals surface area contributed by atoms with E-state index >= 15 is 0 Å². The van der Waals surface area contributed by atoms with Crippen molar-refractivity contribution in [2.24, 2.45) is 0 Å². The van der Waals surface area contributed by atoms with Gasteiger partial charge in [0.1, 0.15) is 29.0 Å².